The number of aromatic nitrogens is 2. The second kappa shape index (κ2) is 9.92. The zero-order valence-corrected chi connectivity index (χ0v) is 17.7. The molecule has 0 fully saturated rings. The van der Waals surface area contributed by atoms with Gasteiger partial charge >= 0.3 is 5.69 Å². The van der Waals surface area contributed by atoms with Gasteiger partial charge in [-0.15, -0.1) is 0 Å². The lowest BCUT2D eigenvalue weighted by Crippen LogP contribution is -2.43. The summed E-state index contributed by atoms with van der Waals surface area (Å²) in [7, 11) is 0. The molecule has 0 aliphatic heterocycles. The molecule has 4 rings (SSSR count). The van der Waals surface area contributed by atoms with Crippen molar-refractivity contribution in [2.24, 2.45) is 0 Å². The summed E-state index contributed by atoms with van der Waals surface area (Å²) in [4.78, 5) is 38.8. The van der Waals surface area contributed by atoms with Crippen LogP contribution in [0.4, 0.5) is 0 Å². The number of aryl methyl sites for hydroxylation is 1. The SMILES string of the molecule is O=C(Cn1c(=O)n(CCc2ccccc2)c(=O)c2ccccc21)NCCc1ccccc1. The number of fused-ring (bicyclic) bond motifs is 1. The van der Waals surface area contributed by atoms with E-state index in [-0.39, 0.29) is 24.6 Å². The number of benzene rings is 3. The highest BCUT2D eigenvalue weighted by atomic mass is 16.2. The predicted octanol–water partition coefficient (Wildman–Crippen LogP) is 2.76. The lowest BCUT2D eigenvalue weighted by atomic mass is 10.1. The first kappa shape index (κ1) is 21.3. The molecule has 6 heteroatoms. The van der Waals surface area contributed by atoms with Crippen LogP contribution in [0, 0.1) is 0 Å². The van der Waals surface area contributed by atoms with Gasteiger partial charge in [0, 0.05) is 13.1 Å². The third-order valence-corrected chi connectivity index (χ3v) is 5.48. The Morgan fingerprint density at radius 1 is 0.719 bits per heavy atom. The number of nitrogens with one attached hydrogen (secondary N) is 1. The van der Waals surface area contributed by atoms with Gasteiger partial charge in [-0.05, 0) is 36.1 Å². The molecule has 0 unspecified atom stereocenters. The third kappa shape index (κ3) is 4.86. The number of hydrogen-bond acceptors (Lipinski definition) is 3. The van der Waals surface area contributed by atoms with Gasteiger partial charge in [-0.25, -0.2) is 4.79 Å². The molecule has 1 N–H and O–H groups in total. The number of amides is 1. The molecule has 0 radical (unpaired) electrons. The van der Waals surface area contributed by atoms with Crippen LogP contribution in [0.25, 0.3) is 10.9 Å². The largest absolute Gasteiger partial charge is 0.354 e. The summed E-state index contributed by atoms with van der Waals surface area (Å²) in [5, 5.41) is 3.31. The van der Waals surface area contributed by atoms with E-state index in [9.17, 15) is 14.4 Å². The fourth-order valence-electron chi connectivity index (χ4n) is 3.80. The van der Waals surface area contributed by atoms with Crippen molar-refractivity contribution in [1.29, 1.82) is 0 Å². The van der Waals surface area contributed by atoms with Crippen molar-refractivity contribution >= 4 is 16.8 Å². The highest BCUT2D eigenvalue weighted by molar-refractivity contribution is 5.81. The Balaban J connectivity index is 1.56. The smallest absolute Gasteiger partial charge is 0.331 e. The van der Waals surface area contributed by atoms with Crippen LogP contribution >= 0.6 is 0 Å². The van der Waals surface area contributed by atoms with E-state index in [0.717, 1.165) is 11.1 Å². The maximum atomic E-state index is 13.2. The van der Waals surface area contributed by atoms with E-state index in [0.29, 0.717) is 30.3 Å². The fraction of sp³-hybridized carbons (Fsp3) is 0.192. The molecule has 1 aromatic heterocycles. The Morgan fingerprint density at radius 3 is 2.00 bits per heavy atom. The maximum Gasteiger partial charge on any atom is 0.331 e. The quantitative estimate of drug-likeness (QED) is 0.470. The number of hydrogen-bond donors (Lipinski definition) is 1. The second-order valence-corrected chi connectivity index (χ2v) is 7.66. The van der Waals surface area contributed by atoms with E-state index in [2.05, 4.69) is 5.32 Å². The van der Waals surface area contributed by atoms with Crippen LogP contribution in [0.5, 0.6) is 0 Å². The molecule has 0 aliphatic rings. The van der Waals surface area contributed by atoms with Crippen molar-refractivity contribution in [2.75, 3.05) is 6.54 Å². The minimum absolute atomic E-state index is 0.139. The molecule has 4 aromatic rings. The van der Waals surface area contributed by atoms with E-state index in [4.69, 9.17) is 0 Å². The van der Waals surface area contributed by atoms with Crippen molar-refractivity contribution in [2.45, 2.75) is 25.9 Å². The molecule has 0 saturated carbocycles. The standard InChI is InChI=1S/C26H25N3O3/c30-24(27-17-15-20-9-3-1-4-10-20)19-29-23-14-8-7-13-22(23)25(31)28(26(29)32)18-16-21-11-5-2-6-12-21/h1-14H,15-19H2,(H,27,30). The first-order valence-electron chi connectivity index (χ1n) is 10.7. The number of nitrogens with zero attached hydrogens (tertiary/aromatic N) is 2. The lowest BCUT2D eigenvalue weighted by Gasteiger charge is -2.14. The van der Waals surface area contributed by atoms with Crippen molar-refractivity contribution in [3.8, 4) is 0 Å². The van der Waals surface area contributed by atoms with E-state index >= 15 is 0 Å². The summed E-state index contributed by atoms with van der Waals surface area (Å²) in [6.07, 6.45) is 1.26. The van der Waals surface area contributed by atoms with Gasteiger partial charge in [0.2, 0.25) is 5.91 Å². The first-order valence-corrected chi connectivity index (χ1v) is 10.7. The minimum Gasteiger partial charge on any atom is -0.354 e. The lowest BCUT2D eigenvalue weighted by molar-refractivity contribution is -0.121. The Morgan fingerprint density at radius 2 is 1.31 bits per heavy atom. The van der Waals surface area contributed by atoms with Crippen LogP contribution in [0.15, 0.2) is 94.5 Å². The van der Waals surface area contributed by atoms with E-state index in [1.54, 1.807) is 24.3 Å². The van der Waals surface area contributed by atoms with Crippen LogP contribution in [0.3, 0.4) is 0 Å². The van der Waals surface area contributed by atoms with Crippen LogP contribution in [0.2, 0.25) is 0 Å². The number of carbonyl (C=O) groups excluding carboxylic acids is 1. The summed E-state index contributed by atoms with van der Waals surface area (Å²) in [6.45, 7) is 0.588. The second-order valence-electron chi connectivity index (χ2n) is 7.66. The normalized spacial score (nSPS) is 10.9. The molecule has 0 atom stereocenters. The Hall–Kier alpha value is -3.93. The van der Waals surface area contributed by atoms with Crippen LogP contribution in [0.1, 0.15) is 11.1 Å². The zero-order valence-electron chi connectivity index (χ0n) is 17.7. The maximum absolute atomic E-state index is 13.2. The minimum atomic E-state index is -0.470. The van der Waals surface area contributed by atoms with Crippen LogP contribution in [-0.2, 0) is 30.7 Å². The molecule has 0 spiro atoms. The van der Waals surface area contributed by atoms with Gasteiger partial charge in [-0.3, -0.25) is 18.7 Å². The average Bonchev–Trinajstić information content (AvgIpc) is 2.83. The van der Waals surface area contributed by atoms with Gasteiger partial charge in [0.15, 0.2) is 0 Å². The molecule has 6 nitrogen and oxygen atoms in total. The van der Waals surface area contributed by atoms with Gasteiger partial charge < -0.3 is 5.32 Å². The molecule has 1 heterocycles. The first-order chi connectivity index (χ1) is 15.6. The van der Waals surface area contributed by atoms with Crippen LogP contribution in [-0.4, -0.2) is 21.6 Å². The average molecular weight is 428 g/mol. The van der Waals surface area contributed by atoms with Gasteiger partial charge in [0.05, 0.1) is 10.9 Å². The number of carbonyl (C=O) groups is 1. The molecule has 162 valence electrons. The van der Waals surface area contributed by atoms with Crippen molar-refractivity contribution in [1.82, 2.24) is 14.5 Å². The van der Waals surface area contributed by atoms with Gasteiger partial charge in [-0.2, -0.15) is 0 Å². The number of rotatable bonds is 8. The van der Waals surface area contributed by atoms with Gasteiger partial charge in [-0.1, -0.05) is 72.8 Å². The summed E-state index contributed by atoms with van der Waals surface area (Å²) >= 11 is 0. The summed E-state index contributed by atoms with van der Waals surface area (Å²) in [5.74, 6) is -0.263. The summed E-state index contributed by atoms with van der Waals surface area (Å²) in [6, 6.07) is 26.5. The summed E-state index contributed by atoms with van der Waals surface area (Å²) in [5.41, 5.74) is 1.84. The third-order valence-electron chi connectivity index (χ3n) is 5.48. The molecule has 3 aromatic carbocycles. The van der Waals surface area contributed by atoms with Crippen molar-refractivity contribution in [3.05, 3.63) is 117 Å². The molecule has 1 amide bonds. The monoisotopic (exact) mass is 427 g/mol. The molecule has 32 heavy (non-hydrogen) atoms. The molecule has 0 bridgehead atoms. The predicted molar refractivity (Wildman–Crippen MR) is 126 cm³/mol. The fourth-order valence-corrected chi connectivity index (χ4v) is 3.80. The van der Waals surface area contributed by atoms with Crippen molar-refractivity contribution in [3.63, 3.8) is 0 Å². The summed E-state index contributed by atoms with van der Waals surface area (Å²) < 4.78 is 2.62. The molecule has 0 saturated heterocycles. The molecular formula is C26H25N3O3. The molecular weight excluding hydrogens is 402 g/mol. The van der Waals surface area contributed by atoms with E-state index < -0.39 is 5.69 Å². The van der Waals surface area contributed by atoms with E-state index in [1.165, 1.54) is 9.13 Å². The zero-order chi connectivity index (χ0) is 22.3. The Bertz CT molecular complexity index is 1330. The highest BCUT2D eigenvalue weighted by Gasteiger charge is 2.15. The number of para-hydroxylation sites is 1. The Labute approximate surface area is 185 Å². The van der Waals surface area contributed by atoms with Gasteiger partial charge in [0.25, 0.3) is 5.56 Å². The van der Waals surface area contributed by atoms with Gasteiger partial charge in [0.1, 0.15) is 6.54 Å². The molecule has 0 aliphatic carbocycles. The topological polar surface area (TPSA) is 73.1 Å². The van der Waals surface area contributed by atoms with Crippen LogP contribution < -0.4 is 16.6 Å². The van der Waals surface area contributed by atoms with E-state index in [1.807, 2.05) is 60.7 Å². The Kier molecular flexibility index (Phi) is 6.60. The highest BCUT2D eigenvalue weighted by Crippen LogP contribution is 2.08. The van der Waals surface area contributed by atoms with Crippen molar-refractivity contribution < 1.29 is 4.79 Å².